The van der Waals surface area contributed by atoms with E-state index >= 15 is 0 Å². The first-order chi connectivity index (χ1) is 65.8. The van der Waals surface area contributed by atoms with Crippen LogP contribution in [0.2, 0.25) is 0 Å². The molecule has 0 saturated carbocycles. The molecule has 21 aromatic rings. The molecule has 699 valence electrons. The van der Waals surface area contributed by atoms with Crippen LogP contribution in [0.3, 0.4) is 0 Å². The van der Waals surface area contributed by atoms with Crippen LogP contribution < -0.4 is 0 Å². The smallest absolute Gasteiger partial charge is 0.0391 e. The molecule has 0 fully saturated rings. The van der Waals surface area contributed by atoms with Crippen LogP contribution in [0.4, 0.5) is 0 Å². The summed E-state index contributed by atoms with van der Waals surface area (Å²) in [5.74, 6) is 1.76. The predicted molar refractivity (Wildman–Crippen MR) is 570 cm³/mol. The van der Waals surface area contributed by atoms with Crippen LogP contribution in [0.1, 0.15) is 112 Å². The van der Waals surface area contributed by atoms with Crippen molar-refractivity contribution in [2.75, 3.05) is 0 Å². The van der Waals surface area contributed by atoms with Crippen LogP contribution in [0.25, 0.3) is 166 Å². The zero-order valence-electron chi connectivity index (χ0n) is 80.8. The first-order valence-corrected chi connectivity index (χ1v) is 47.2. The summed E-state index contributed by atoms with van der Waals surface area (Å²) in [6.45, 7) is 41.7. The molecule has 0 atom stereocenters. The molecular formula is C126H117Ir3N9-6. The van der Waals surface area contributed by atoms with E-state index in [1.165, 1.54) is 132 Å². The van der Waals surface area contributed by atoms with E-state index in [-0.39, 0.29) is 60.3 Å². The second-order valence-corrected chi connectivity index (χ2v) is 35.9. The number of rotatable bonds is 18. The van der Waals surface area contributed by atoms with Crippen molar-refractivity contribution in [3.63, 3.8) is 0 Å². The average Bonchev–Trinajstić information content (AvgIpc) is 1.58. The zero-order valence-corrected chi connectivity index (χ0v) is 87.9. The fourth-order valence-corrected chi connectivity index (χ4v) is 18.0. The SMILES string of the molecule is Cc1ccnc(-c2[c-]cc3c(c2)c2ccccc2n3CC(C)C)c1.Cc1ccnc(-c2[c-]cc3c4ccccc4n(CC(C)C)c3c2)c1.Cc1ccnc(-c2[c-]ccc3c4ccccc4n(CC(C)C)c23)c1.[CH2-]c1ccccc1-c1cc(CC)c(-c2ccccc2)cn1.[CH2-]c1ccccc1-c1cc(CC)c(-c2ccccc2)cn1.[CH2-]c1ccccc1-c1cc(CC)c(-c2ccccc2)cn1.[Ir].[Ir].[Ir]. The van der Waals surface area contributed by atoms with E-state index in [1.807, 2.05) is 134 Å². The monoisotopic (exact) mass is 2330 g/mol. The summed E-state index contributed by atoms with van der Waals surface area (Å²) in [5, 5.41) is 7.73. The van der Waals surface area contributed by atoms with Crippen molar-refractivity contribution in [3.05, 3.63) is 454 Å². The van der Waals surface area contributed by atoms with Crippen molar-refractivity contribution < 1.29 is 60.3 Å². The summed E-state index contributed by atoms with van der Waals surface area (Å²) in [7, 11) is 0. The Balaban J connectivity index is 0.000000139. The van der Waals surface area contributed by atoms with Crippen molar-refractivity contribution >= 4 is 65.4 Å². The number of aromatic nitrogens is 9. The second kappa shape index (κ2) is 48.0. The summed E-state index contributed by atoms with van der Waals surface area (Å²) in [4.78, 5) is 27.6. The number of aryl methyl sites for hydroxylation is 6. The fourth-order valence-electron chi connectivity index (χ4n) is 18.0. The topological polar surface area (TPSA) is 92.1 Å². The molecule has 12 aromatic carbocycles. The first kappa shape index (κ1) is 102. The third kappa shape index (κ3) is 23.8. The van der Waals surface area contributed by atoms with Gasteiger partial charge in [0, 0.05) is 167 Å². The summed E-state index contributed by atoms with van der Waals surface area (Å²) in [6, 6.07) is 124. The molecule has 0 aliphatic rings. The number of benzene rings is 12. The van der Waals surface area contributed by atoms with E-state index in [1.54, 1.807) is 0 Å². The molecule has 0 aliphatic heterocycles. The summed E-state index contributed by atoms with van der Waals surface area (Å²) in [6.07, 6.45) is 14.5. The summed E-state index contributed by atoms with van der Waals surface area (Å²) in [5.41, 5.74) is 38.0. The molecule has 0 N–H and O–H groups in total. The summed E-state index contributed by atoms with van der Waals surface area (Å²) >= 11 is 0. The normalized spacial score (nSPS) is 10.9. The Morgan fingerprint density at radius 3 is 1.01 bits per heavy atom. The molecule has 0 amide bonds. The van der Waals surface area contributed by atoms with Gasteiger partial charge in [0.25, 0.3) is 0 Å². The number of para-hydroxylation sites is 3. The van der Waals surface area contributed by atoms with Gasteiger partial charge in [-0.05, 0) is 196 Å². The predicted octanol–water partition coefficient (Wildman–Crippen LogP) is 32.3. The largest absolute Gasteiger partial charge is 0.380 e. The minimum absolute atomic E-state index is 0. The molecule has 21 rings (SSSR count). The number of hydrogen-bond acceptors (Lipinski definition) is 6. The van der Waals surface area contributed by atoms with Crippen LogP contribution in [-0.4, -0.2) is 43.6 Å². The van der Waals surface area contributed by atoms with E-state index in [0.717, 1.165) is 123 Å². The molecule has 0 saturated heterocycles. The molecule has 0 aliphatic carbocycles. The Morgan fingerprint density at radius 1 is 0.275 bits per heavy atom. The van der Waals surface area contributed by atoms with Gasteiger partial charge in [0.1, 0.15) is 0 Å². The van der Waals surface area contributed by atoms with Crippen molar-refractivity contribution in [2.45, 2.75) is 122 Å². The molecule has 0 bridgehead atoms. The van der Waals surface area contributed by atoms with E-state index in [0.29, 0.717) is 17.8 Å². The maximum Gasteiger partial charge on any atom is 0.0391 e. The van der Waals surface area contributed by atoms with Crippen molar-refractivity contribution in [1.82, 2.24) is 43.6 Å². The minimum Gasteiger partial charge on any atom is -0.380 e. The van der Waals surface area contributed by atoms with E-state index < -0.39 is 0 Å². The van der Waals surface area contributed by atoms with Crippen molar-refractivity contribution in [3.8, 4) is 101 Å². The van der Waals surface area contributed by atoms with Gasteiger partial charge in [0.15, 0.2) is 0 Å². The van der Waals surface area contributed by atoms with Crippen molar-refractivity contribution in [2.24, 2.45) is 17.8 Å². The van der Waals surface area contributed by atoms with Gasteiger partial charge >= 0.3 is 0 Å². The van der Waals surface area contributed by atoms with E-state index in [4.69, 9.17) is 0 Å². The quantitative estimate of drug-likeness (QED) is 0.0795. The third-order valence-electron chi connectivity index (χ3n) is 24.6. The van der Waals surface area contributed by atoms with Gasteiger partial charge in [-0.1, -0.05) is 277 Å². The first-order valence-electron chi connectivity index (χ1n) is 47.2. The van der Waals surface area contributed by atoms with Crippen LogP contribution in [0.5, 0.6) is 0 Å². The molecule has 9 nitrogen and oxygen atoms in total. The average molecular weight is 2330 g/mol. The molecule has 0 unspecified atom stereocenters. The molecule has 9 heterocycles. The molecule has 9 aromatic heterocycles. The third-order valence-corrected chi connectivity index (χ3v) is 24.6. The fraction of sp³-hybridized carbons (Fsp3) is 0.167. The van der Waals surface area contributed by atoms with Gasteiger partial charge in [-0.25, -0.2) is 0 Å². The molecule has 138 heavy (non-hydrogen) atoms. The van der Waals surface area contributed by atoms with E-state index in [9.17, 15) is 0 Å². The Bertz CT molecular complexity index is 7330. The van der Waals surface area contributed by atoms with Gasteiger partial charge in [-0.2, -0.15) is 55.7 Å². The standard InChI is InChI=1S/3C22H21N2.3C20H18N.3Ir/c1-15(2)14-24-21-10-5-4-7-17(21)18-8-6-9-19(22(18)24)20-13-16(3)11-12-23-20;1-15(2)14-24-21-7-5-4-6-18(21)19-13-17(8-9-22(19)24)20-12-16(3)10-11-23-20;1-15(2)14-24-21-7-5-4-6-18(21)19-9-8-17(13-22(19)24)20-12-16(3)10-11-23-20;3*1-3-16-13-20(18-12-8-7-9-15(18)2)21-14-19(16)17-10-5-4-6-11-17;;;/h4-8,10-13,15H,14H2,1-3H3;2*4-7,9-13,15H,14H2,1-3H3;3*4-14H,2-3H2,1H3;;;/q6*-1;;;. The van der Waals surface area contributed by atoms with Gasteiger partial charge in [0.05, 0.1) is 0 Å². The van der Waals surface area contributed by atoms with Gasteiger partial charge in [-0.3, -0.25) is 15.0 Å². The van der Waals surface area contributed by atoms with Crippen LogP contribution in [0.15, 0.2) is 365 Å². The van der Waals surface area contributed by atoms with Crippen LogP contribution >= 0.6 is 0 Å². The second-order valence-electron chi connectivity index (χ2n) is 35.9. The number of fused-ring (bicyclic) bond motifs is 9. The van der Waals surface area contributed by atoms with Crippen molar-refractivity contribution in [1.29, 1.82) is 0 Å². The van der Waals surface area contributed by atoms with Gasteiger partial charge < -0.3 is 28.7 Å². The minimum atomic E-state index is 0. The Morgan fingerprint density at radius 2 is 0.609 bits per heavy atom. The summed E-state index contributed by atoms with van der Waals surface area (Å²) < 4.78 is 7.28. The number of nitrogens with zero attached hydrogens (tertiary/aromatic N) is 9. The Hall–Kier alpha value is -13.5. The molecular weight excluding hydrogens is 2220 g/mol. The van der Waals surface area contributed by atoms with Crippen LogP contribution in [0, 0.1) is 77.5 Å². The van der Waals surface area contributed by atoms with Crippen LogP contribution in [-0.2, 0) is 99.2 Å². The maximum atomic E-state index is 4.65. The maximum absolute atomic E-state index is 4.65. The molecule has 3 radical (unpaired) electrons. The van der Waals surface area contributed by atoms with Gasteiger partial charge in [0.2, 0.25) is 0 Å². The number of pyridine rings is 6. The molecule has 0 spiro atoms. The molecule has 12 heteroatoms. The number of hydrogen-bond donors (Lipinski definition) is 0. The van der Waals surface area contributed by atoms with E-state index in [2.05, 4.69) is 396 Å². The zero-order chi connectivity index (χ0) is 94.0. The van der Waals surface area contributed by atoms with Gasteiger partial charge in [-0.15, -0.1) is 124 Å². The Labute approximate surface area is 856 Å². The Kier molecular flexibility index (Phi) is 35.4.